The van der Waals surface area contributed by atoms with Crippen LogP contribution in [0.15, 0.2) is 30.3 Å². The first-order chi connectivity index (χ1) is 6.29. The average molecular weight is 213 g/mol. The van der Waals surface area contributed by atoms with Crippen LogP contribution in [-0.4, -0.2) is 8.83 Å². The van der Waals surface area contributed by atoms with E-state index in [1.807, 2.05) is 0 Å². The van der Waals surface area contributed by atoms with Crippen molar-refractivity contribution in [3.8, 4) is 0 Å². The van der Waals surface area contributed by atoms with Crippen molar-refractivity contribution in [1.29, 1.82) is 0 Å². The lowest BCUT2D eigenvalue weighted by Gasteiger charge is -2.20. The Bertz CT molecular complexity index is 235. The molecule has 0 bridgehead atoms. The summed E-state index contributed by atoms with van der Waals surface area (Å²) >= 11 is 6.11. The molecule has 72 valence electrons. The van der Waals surface area contributed by atoms with E-state index in [0.717, 1.165) is 5.92 Å². The highest BCUT2D eigenvalue weighted by atomic mass is 35.6. The molecular formula is C11H17ClSi. The van der Waals surface area contributed by atoms with Crippen molar-refractivity contribution in [3.05, 3.63) is 35.9 Å². The van der Waals surface area contributed by atoms with Gasteiger partial charge in [0.2, 0.25) is 0 Å². The van der Waals surface area contributed by atoms with Crippen molar-refractivity contribution >= 4 is 19.9 Å². The molecule has 1 aromatic rings. The third kappa shape index (κ3) is 2.85. The van der Waals surface area contributed by atoms with Gasteiger partial charge in [0.25, 0.3) is 0 Å². The van der Waals surface area contributed by atoms with Crippen molar-refractivity contribution in [2.45, 2.75) is 25.8 Å². The molecule has 0 aliphatic carbocycles. The summed E-state index contributed by atoms with van der Waals surface area (Å²) in [5.74, 6) is 0.728. The van der Waals surface area contributed by atoms with E-state index in [4.69, 9.17) is 11.1 Å². The number of halogens is 1. The summed E-state index contributed by atoms with van der Waals surface area (Å²) in [6.45, 7) is 4.54. The molecule has 0 aliphatic rings. The summed E-state index contributed by atoms with van der Waals surface area (Å²) in [6.07, 6.45) is 1.22. The average Bonchev–Trinajstić information content (AvgIpc) is 2.20. The first-order valence-electron chi connectivity index (χ1n) is 4.90. The molecule has 0 amide bonds. The van der Waals surface area contributed by atoms with E-state index in [2.05, 4.69) is 44.2 Å². The Morgan fingerprint density at radius 2 is 1.92 bits per heavy atom. The predicted octanol–water partition coefficient (Wildman–Crippen LogP) is 3.10. The molecule has 0 aliphatic heterocycles. The van der Waals surface area contributed by atoms with Gasteiger partial charge < -0.3 is 0 Å². The van der Waals surface area contributed by atoms with Gasteiger partial charge in [-0.15, -0.1) is 0 Å². The Morgan fingerprint density at radius 3 is 2.38 bits per heavy atom. The maximum absolute atomic E-state index is 6.11. The third-order valence-corrected chi connectivity index (χ3v) is 5.33. The van der Waals surface area contributed by atoms with Gasteiger partial charge in [0.1, 0.15) is 8.83 Å². The molecule has 0 aromatic heterocycles. The highest BCUT2D eigenvalue weighted by Crippen LogP contribution is 2.26. The molecule has 0 saturated carbocycles. The Labute approximate surface area is 87.8 Å². The molecule has 0 radical (unpaired) electrons. The fourth-order valence-electron chi connectivity index (χ4n) is 1.55. The number of hydrogen-bond donors (Lipinski definition) is 0. The Morgan fingerprint density at radius 1 is 1.31 bits per heavy atom. The van der Waals surface area contributed by atoms with E-state index in [0.29, 0.717) is 5.54 Å². The van der Waals surface area contributed by atoms with Gasteiger partial charge in [-0.05, 0) is 17.0 Å². The maximum Gasteiger partial charge on any atom is 0.132 e. The molecule has 0 saturated heterocycles. The van der Waals surface area contributed by atoms with Crippen LogP contribution < -0.4 is 0 Å². The predicted molar refractivity (Wildman–Crippen MR) is 63.0 cm³/mol. The Hall–Kier alpha value is -0.273. The smallest absolute Gasteiger partial charge is 0.132 e. The largest absolute Gasteiger partial charge is 0.175 e. The molecule has 0 N–H and O–H groups in total. The number of benzene rings is 1. The minimum Gasteiger partial charge on any atom is -0.175 e. The van der Waals surface area contributed by atoms with Gasteiger partial charge in [-0.3, -0.25) is 0 Å². The van der Waals surface area contributed by atoms with E-state index in [-0.39, 0.29) is 0 Å². The summed E-state index contributed by atoms with van der Waals surface area (Å²) < 4.78 is 0. The molecule has 2 heteroatoms. The topological polar surface area (TPSA) is 0 Å². The van der Waals surface area contributed by atoms with Gasteiger partial charge in [-0.2, -0.15) is 11.1 Å². The van der Waals surface area contributed by atoms with Crippen molar-refractivity contribution in [3.63, 3.8) is 0 Å². The van der Waals surface area contributed by atoms with Gasteiger partial charge in [0, 0.05) is 0 Å². The van der Waals surface area contributed by atoms with Crippen LogP contribution in [0, 0.1) is 5.92 Å². The van der Waals surface area contributed by atoms with E-state index < -0.39 is 8.83 Å². The summed E-state index contributed by atoms with van der Waals surface area (Å²) in [5.41, 5.74) is 2.08. The molecule has 0 spiro atoms. The number of hydrogen-bond acceptors (Lipinski definition) is 0. The van der Waals surface area contributed by atoms with Gasteiger partial charge >= 0.3 is 0 Å². The zero-order valence-corrected chi connectivity index (χ0v) is 10.5. The van der Waals surface area contributed by atoms with Crippen LogP contribution in [0.4, 0.5) is 0 Å². The molecule has 13 heavy (non-hydrogen) atoms. The molecular weight excluding hydrogens is 196 g/mol. The number of rotatable bonds is 4. The highest BCUT2D eigenvalue weighted by molar-refractivity contribution is 6.94. The molecule has 0 fully saturated rings. The van der Waals surface area contributed by atoms with Crippen LogP contribution in [0.2, 0.25) is 0 Å². The summed E-state index contributed by atoms with van der Waals surface area (Å²) in [7, 11) is -0.457. The Kier molecular flexibility index (Phi) is 4.53. The fourth-order valence-corrected chi connectivity index (χ4v) is 4.09. The molecule has 1 rings (SSSR count). The third-order valence-electron chi connectivity index (χ3n) is 2.72. The minimum atomic E-state index is -0.457. The van der Waals surface area contributed by atoms with Gasteiger partial charge in [0.05, 0.1) is 0 Å². The van der Waals surface area contributed by atoms with Crippen molar-refractivity contribution in [2.75, 3.05) is 0 Å². The first-order valence-corrected chi connectivity index (χ1v) is 7.86. The molecule has 2 atom stereocenters. The first kappa shape index (κ1) is 10.8. The van der Waals surface area contributed by atoms with E-state index in [9.17, 15) is 0 Å². The van der Waals surface area contributed by atoms with Crippen LogP contribution >= 0.6 is 11.1 Å². The molecule has 1 aromatic carbocycles. The lowest BCUT2D eigenvalue weighted by molar-refractivity contribution is 0.540. The lowest BCUT2D eigenvalue weighted by Crippen LogP contribution is -2.12. The fraction of sp³-hybridized carbons (Fsp3) is 0.455. The summed E-state index contributed by atoms with van der Waals surface area (Å²) in [4.78, 5) is 0. The van der Waals surface area contributed by atoms with Gasteiger partial charge in [-0.25, -0.2) is 0 Å². The second kappa shape index (κ2) is 5.46. The highest BCUT2D eigenvalue weighted by Gasteiger charge is 2.16. The van der Waals surface area contributed by atoms with E-state index in [1.54, 1.807) is 0 Å². The van der Waals surface area contributed by atoms with Crippen LogP contribution in [-0.2, 0) is 0 Å². The van der Waals surface area contributed by atoms with Gasteiger partial charge in [-0.1, -0.05) is 50.6 Å². The quantitative estimate of drug-likeness (QED) is 0.532. The molecule has 0 nitrogen and oxygen atoms in total. The normalized spacial score (nSPS) is 16.2. The lowest BCUT2D eigenvalue weighted by atomic mass is 9.98. The van der Waals surface area contributed by atoms with E-state index in [1.165, 1.54) is 12.0 Å². The zero-order valence-electron chi connectivity index (χ0n) is 8.33. The molecule has 0 heterocycles. The molecule has 2 unspecified atom stereocenters. The van der Waals surface area contributed by atoms with Crippen LogP contribution in [0.25, 0.3) is 0 Å². The summed E-state index contributed by atoms with van der Waals surface area (Å²) in [6, 6.07) is 10.7. The van der Waals surface area contributed by atoms with Crippen LogP contribution in [0.3, 0.4) is 0 Å². The van der Waals surface area contributed by atoms with Gasteiger partial charge in [0.15, 0.2) is 0 Å². The second-order valence-corrected chi connectivity index (χ2v) is 5.67. The SMILES string of the molecule is CCC(C)C([SiH2]Cl)c1ccccc1. The van der Waals surface area contributed by atoms with Crippen LogP contribution in [0.1, 0.15) is 31.4 Å². The maximum atomic E-state index is 6.11. The Balaban J connectivity index is 2.78. The zero-order chi connectivity index (χ0) is 9.68. The second-order valence-electron chi connectivity index (χ2n) is 3.56. The van der Waals surface area contributed by atoms with E-state index >= 15 is 0 Å². The monoisotopic (exact) mass is 212 g/mol. The van der Waals surface area contributed by atoms with Crippen molar-refractivity contribution in [1.82, 2.24) is 0 Å². The van der Waals surface area contributed by atoms with Crippen LogP contribution in [0.5, 0.6) is 0 Å². The van der Waals surface area contributed by atoms with Crippen molar-refractivity contribution < 1.29 is 0 Å². The standard InChI is InChI=1S/C11H17ClSi/c1-3-9(2)11(13-12)10-7-5-4-6-8-10/h4-9,11H,3,13H2,1-2H3. The van der Waals surface area contributed by atoms with Crippen molar-refractivity contribution in [2.24, 2.45) is 5.92 Å². The minimum absolute atomic E-state index is 0.457. The summed E-state index contributed by atoms with van der Waals surface area (Å²) in [5, 5.41) is 0.